The summed E-state index contributed by atoms with van der Waals surface area (Å²) < 4.78 is 0. The van der Waals surface area contributed by atoms with Gasteiger partial charge in [0.25, 0.3) is 0 Å². The van der Waals surface area contributed by atoms with E-state index in [9.17, 15) is 68.7 Å². The van der Waals surface area contributed by atoms with Crippen LogP contribution >= 0.6 is 12.6 Å². The fourth-order valence-corrected chi connectivity index (χ4v) is 6.98. The van der Waals surface area contributed by atoms with Crippen LogP contribution in [0.5, 0.6) is 11.5 Å². The molecular formula is C42H58N8O14S. The maximum atomic E-state index is 14.3. The molecule has 356 valence electrons. The molecule has 0 aliphatic carbocycles. The molecule has 23 heteroatoms. The van der Waals surface area contributed by atoms with Crippen molar-refractivity contribution in [3.8, 4) is 11.5 Å². The van der Waals surface area contributed by atoms with E-state index in [-0.39, 0.29) is 49.0 Å². The number of carbonyl (C=O) groups excluding carboxylic acids is 7. The summed E-state index contributed by atoms with van der Waals surface area (Å²) in [6, 6.07) is 1.44. The number of carboxylic acids is 2. The van der Waals surface area contributed by atoms with Crippen LogP contribution < -0.4 is 37.6 Å². The van der Waals surface area contributed by atoms with Gasteiger partial charge in [-0.2, -0.15) is 12.6 Å². The number of aliphatic carboxylic acids is 2. The number of aliphatic hydroxyl groups is 1. The molecule has 1 aliphatic rings. The second-order valence-corrected chi connectivity index (χ2v) is 16.1. The van der Waals surface area contributed by atoms with Crippen molar-refractivity contribution in [2.24, 2.45) is 11.7 Å². The molecule has 2 aromatic rings. The molecule has 0 bridgehead atoms. The van der Waals surface area contributed by atoms with Gasteiger partial charge in [0.15, 0.2) is 6.04 Å². The van der Waals surface area contributed by atoms with E-state index in [4.69, 9.17) is 5.73 Å². The van der Waals surface area contributed by atoms with E-state index < -0.39 is 115 Å². The number of benzene rings is 2. The van der Waals surface area contributed by atoms with Crippen molar-refractivity contribution in [2.45, 2.75) is 108 Å². The Morgan fingerprint density at radius 3 is 1.72 bits per heavy atom. The number of carbonyl (C=O) groups is 9. The number of hydrogen-bond donors (Lipinski definition) is 13. The molecule has 9 atom stereocenters. The SMILES string of the molecule is CC[C@H](C)[C@H](N)C(=O)N[C@@H](CC(=O)O)C(=O)N1CCC[C@H]1C(=O)N[C@@H](Cc1ccc(O)cc1)C(=O)N[C@@H](Cc1ccc(O)cc1)C(=O)N[C@@H](CS)C(=O)NCC(=O)N[C@H](C(=O)O)[C@@H](C)O. The van der Waals surface area contributed by atoms with Gasteiger partial charge in [0, 0.05) is 25.1 Å². The van der Waals surface area contributed by atoms with Gasteiger partial charge in [0.05, 0.1) is 25.1 Å². The van der Waals surface area contributed by atoms with Crippen molar-refractivity contribution < 1.29 is 68.7 Å². The molecule has 13 N–H and O–H groups in total. The van der Waals surface area contributed by atoms with Gasteiger partial charge in [-0.05, 0) is 61.1 Å². The van der Waals surface area contributed by atoms with Crippen LogP contribution in [0.1, 0.15) is 57.6 Å². The number of nitrogens with two attached hydrogens (primary N) is 1. The topological polar surface area (TPSA) is 356 Å². The van der Waals surface area contributed by atoms with Gasteiger partial charge in [-0.25, -0.2) is 4.79 Å². The quantitative estimate of drug-likeness (QED) is 0.0491. The Morgan fingerprint density at radius 2 is 1.25 bits per heavy atom. The lowest BCUT2D eigenvalue weighted by Gasteiger charge is -2.30. The number of nitrogens with one attached hydrogen (secondary N) is 6. The number of thiol groups is 1. The molecule has 2 aromatic carbocycles. The third kappa shape index (κ3) is 16.2. The number of aliphatic hydroxyl groups excluding tert-OH is 1. The van der Waals surface area contributed by atoms with E-state index in [1.165, 1.54) is 48.5 Å². The molecule has 0 spiro atoms. The number of aromatic hydroxyl groups is 2. The second kappa shape index (κ2) is 25.1. The molecule has 65 heavy (non-hydrogen) atoms. The molecule has 0 aromatic heterocycles. The van der Waals surface area contributed by atoms with Crippen molar-refractivity contribution in [1.82, 2.24) is 36.8 Å². The van der Waals surface area contributed by atoms with Crippen LogP contribution in [0.4, 0.5) is 0 Å². The first-order chi connectivity index (χ1) is 30.6. The lowest BCUT2D eigenvalue weighted by molar-refractivity contribution is -0.146. The monoisotopic (exact) mass is 930 g/mol. The van der Waals surface area contributed by atoms with Crippen molar-refractivity contribution in [1.29, 1.82) is 0 Å². The second-order valence-electron chi connectivity index (χ2n) is 15.7. The maximum Gasteiger partial charge on any atom is 0.328 e. The normalized spacial score (nSPS) is 17.1. The zero-order valence-corrected chi connectivity index (χ0v) is 37.0. The number of hydrogen-bond acceptors (Lipinski definition) is 14. The Bertz CT molecular complexity index is 2020. The van der Waals surface area contributed by atoms with E-state index in [2.05, 4.69) is 44.5 Å². The molecule has 1 heterocycles. The number of amides is 7. The first-order valence-electron chi connectivity index (χ1n) is 20.8. The first-order valence-corrected chi connectivity index (χ1v) is 21.4. The molecule has 0 radical (unpaired) electrons. The summed E-state index contributed by atoms with van der Waals surface area (Å²) in [6.45, 7) is 3.94. The van der Waals surface area contributed by atoms with Crippen LogP contribution in [0.2, 0.25) is 0 Å². The van der Waals surface area contributed by atoms with Gasteiger partial charge < -0.3 is 68.1 Å². The van der Waals surface area contributed by atoms with E-state index >= 15 is 0 Å². The fraction of sp³-hybridized carbons (Fsp3) is 0.500. The van der Waals surface area contributed by atoms with Crippen LogP contribution in [-0.2, 0) is 56.0 Å². The standard InChI is InChI=1S/C42H58N8O14S/c1-4-21(2)34(43)40(61)47-29(18-33(55)56)41(62)50-15-5-6-31(50)39(60)46-28(17-24-9-13-26(53)14-10-24)37(58)45-27(16-23-7-11-25(52)12-8-23)38(59)48-30(20-65)36(57)44-19-32(54)49-35(22(3)51)42(63)64/h7-14,21-22,27-31,34-35,51-53,65H,4-6,15-20,43H2,1-3H3,(H,44,57)(H,45,58)(H,46,60)(H,47,61)(H,48,59)(H,49,54)(H,55,56)(H,63,64)/t21-,22+,27-,28-,29-,30-,31-,34-,35-/m0/s1. The minimum Gasteiger partial charge on any atom is -0.508 e. The molecule has 7 amide bonds. The van der Waals surface area contributed by atoms with E-state index in [1.54, 1.807) is 6.92 Å². The highest BCUT2D eigenvalue weighted by Crippen LogP contribution is 2.21. The number of phenolic OH excluding ortho intramolecular Hbond substituents is 2. The van der Waals surface area contributed by atoms with Crippen molar-refractivity contribution >= 4 is 65.9 Å². The number of likely N-dealkylation sites (tertiary alicyclic amines) is 1. The van der Waals surface area contributed by atoms with E-state index in [1.807, 2.05) is 6.92 Å². The largest absolute Gasteiger partial charge is 0.508 e. The van der Waals surface area contributed by atoms with Gasteiger partial charge in [-0.1, -0.05) is 44.5 Å². The zero-order valence-electron chi connectivity index (χ0n) is 36.1. The predicted molar refractivity (Wildman–Crippen MR) is 234 cm³/mol. The molecule has 0 saturated carbocycles. The van der Waals surface area contributed by atoms with Gasteiger partial charge in [-0.15, -0.1) is 0 Å². The Balaban J connectivity index is 1.89. The van der Waals surface area contributed by atoms with Crippen molar-refractivity contribution in [3.05, 3.63) is 59.7 Å². The Kier molecular flexibility index (Phi) is 20.5. The highest BCUT2D eigenvalue weighted by atomic mass is 32.1. The molecule has 1 saturated heterocycles. The summed E-state index contributed by atoms with van der Waals surface area (Å²) in [5.41, 5.74) is 6.92. The van der Waals surface area contributed by atoms with Crippen molar-refractivity contribution in [2.75, 3.05) is 18.8 Å². The van der Waals surface area contributed by atoms with Crippen LogP contribution in [0.15, 0.2) is 48.5 Å². The van der Waals surface area contributed by atoms with Crippen molar-refractivity contribution in [3.63, 3.8) is 0 Å². The Hall–Kier alpha value is -6.46. The van der Waals surface area contributed by atoms with E-state index in [0.717, 1.165) is 11.8 Å². The van der Waals surface area contributed by atoms with Gasteiger partial charge in [0.2, 0.25) is 41.4 Å². The number of carboxylic acid groups (broad SMARTS) is 2. The minimum atomic E-state index is -1.67. The smallest absolute Gasteiger partial charge is 0.328 e. The highest BCUT2D eigenvalue weighted by Gasteiger charge is 2.40. The summed E-state index contributed by atoms with van der Waals surface area (Å²) in [7, 11) is 0. The fourth-order valence-electron chi connectivity index (χ4n) is 6.72. The summed E-state index contributed by atoms with van der Waals surface area (Å²) >= 11 is 4.14. The summed E-state index contributed by atoms with van der Waals surface area (Å²) in [6.07, 6.45) is -1.76. The molecule has 1 fully saturated rings. The van der Waals surface area contributed by atoms with Gasteiger partial charge >= 0.3 is 11.9 Å². The van der Waals surface area contributed by atoms with Crippen LogP contribution in [0.3, 0.4) is 0 Å². The number of nitrogens with zero attached hydrogens (tertiary/aromatic N) is 1. The summed E-state index contributed by atoms with van der Waals surface area (Å²) in [5, 5.41) is 62.7. The third-order valence-corrected chi connectivity index (χ3v) is 11.1. The summed E-state index contributed by atoms with van der Waals surface area (Å²) in [5.74, 6) is -9.85. The molecule has 1 aliphatic heterocycles. The third-order valence-electron chi connectivity index (χ3n) is 10.7. The lowest BCUT2D eigenvalue weighted by atomic mass is 9.99. The van der Waals surface area contributed by atoms with Gasteiger partial charge in [0.1, 0.15) is 41.7 Å². The molecule has 22 nitrogen and oxygen atoms in total. The Labute approximate surface area is 379 Å². The zero-order chi connectivity index (χ0) is 48.5. The average Bonchev–Trinajstić information content (AvgIpc) is 3.76. The minimum absolute atomic E-state index is 0.0132. The average molecular weight is 931 g/mol. The first kappa shape index (κ1) is 52.9. The van der Waals surface area contributed by atoms with Gasteiger partial charge in [-0.3, -0.25) is 38.4 Å². The van der Waals surface area contributed by atoms with E-state index in [0.29, 0.717) is 24.0 Å². The summed E-state index contributed by atoms with van der Waals surface area (Å²) in [4.78, 5) is 119. The molecule has 3 rings (SSSR count). The van der Waals surface area contributed by atoms with Crippen LogP contribution in [0.25, 0.3) is 0 Å². The van der Waals surface area contributed by atoms with Crippen LogP contribution in [-0.4, -0.2) is 151 Å². The Morgan fingerprint density at radius 1 is 0.738 bits per heavy atom. The maximum absolute atomic E-state index is 14.3. The van der Waals surface area contributed by atoms with Crippen LogP contribution in [0, 0.1) is 5.92 Å². The molecular weight excluding hydrogens is 873 g/mol. The number of phenols is 2. The predicted octanol–water partition coefficient (Wildman–Crippen LogP) is -2.34. The highest BCUT2D eigenvalue weighted by molar-refractivity contribution is 7.80. The lowest BCUT2D eigenvalue weighted by Crippen LogP contribution is -2.60. The number of rotatable bonds is 24. The molecule has 0 unspecified atom stereocenters.